The first-order chi connectivity index (χ1) is 15.9. The highest BCUT2D eigenvalue weighted by atomic mass is 35.5. The van der Waals surface area contributed by atoms with Gasteiger partial charge in [0.15, 0.2) is 5.58 Å². The van der Waals surface area contributed by atoms with Crippen molar-refractivity contribution in [1.82, 2.24) is 9.88 Å². The second-order valence-corrected chi connectivity index (χ2v) is 8.51. The van der Waals surface area contributed by atoms with Gasteiger partial charge in [0, 0.05) is 28.9 Å². The van der Waals surface area contributed by atoms with E-state index in [0.29, 0.717) is 46.2 Å². The number of hydrogen-bond donors (Lipinski definition) is 1. The zero-order chi connectivity index (χ0) is 23.1. The fourth-order valence-electron chi connectivity index (χ4n) is 4.11. The standard InChI is InChI=1S/C25H20ClF2N3O2/c1-14-4-7-17(13-19(14)26)29-25(32)31-10-2-3-22(31)24-30-21-11-15(5-9-23(21)33-24)18-8-6-16(27)12-20(18)28/h4-9,11-13,22H,2-3,10H2,1H3,(H,29,32)/t22-/m1/s1. The number of urea groups is 1. The second kappa shape index (κ2) is 8.48. The van der Waals surface area contributed by atoms with Crippen LogP contribution in [0.4, 0.5) is 19.3 Å². The Morgan fingerprint density at radius 2 is 2.00 bits per heavy atom. The average molecular weight is 468 g/mol. The van der Waals surface area contributed by atoms with Crippen LogP contribution in [0.15, 0.2) is 59.0 Å². The summed E-state index contributed by atoms with van der Waals surface area (Å²) in [5.41, 5.74) is 3.47. The molecule has 4 aromatic rings. The maximum absolute atomic E-state index is 14.2. The van der Waals surface area contributed by atoms with E-state index in [2.05, 4.69) is 10.3 Å². The number of aryl methyl sites for hydroxylation is 1. The lowest BCUT2D eigenvalue weighted by Crippen LogP contribution is -2.34. The number of likely N-dealkylation sites (tertiary alicyclic amines) is 1. The van der Waals surface area contributed by atoms with Crippen molar-refractivity contribution in [3.8, 4) is 11.1 Å². The minimum atomic E-state index is -0.645. The van der Waals surface area contributed by atoms with Crippen LogP contribution in [0.25, 0.3) is 22.2 Å². The minimum absolute atomic E-state index is 0.256. The van der Waals surface area contributed by atoms with Gasteiger partial charge in [-0.25, -0.2) is 18.6 Å². The summed E-state index contributed by atoms with van der Waals surface area (Å²) in [6.45, 7) is 2.47. The molecule has 1 saturated heterocycles. The Morgan fingerprint density at radius 1 is 1.15 bits per heavy atom. The molecule has 1 fully saturated rings. The molecule has 1 aromatic heterocycles. The maximum Gasteiger partial charge on any atom is 0.322 e. The van der Waals surface area contributed by atoms with Crippen molar-refractivity contribution < 1.29 is 18.0 Å². The molecule has 1 atom stereocenters. The van der Waals surface area contributed by atoms with Crippen LogP contribution in [-0.4, -0.2) is 22.5 Å². The molecule has 3 aromatic carbocycles. The monoisotopic (exact) mass is 467 g/mol. The lowest BCUT2D eigenvalue weighted by Gasteiger charge is -2.22. The first-order valence-corrected chi connectivity index (χ1v) is 11.0. The second-order valence-electron chi connectivity index (χ2n) is 8.10. The van der Waals surface area contributed by atoms with E-state index in [-0.39, 0.29) is 17.6 Å². The summed E-state index contributed by atoms with van der Waals surface area (Å²) in [5.74, 6) is -0.849. The van der Waals surface area contributed by atoms with E-state index in [1.54, 1.807) is 35.2 Å². The van der Waals surface area contributed by atoms with Gasteiger partial charge in [-0.2, -0.15) is 0 Å². The number of rotatable bonds is 3. The van der Waals surface area contributed by atoms with Gasteiger partial charge in [0.2, 0.25) is 5.89 Å². The molecule has 1 N–H and O–H groups in total. The van der Waals surface area contributed by atoms with Gasteiger partial charge < -0.3 is 14.6 Å². The first kappa shape index (κ1) is 21.4. The number of benzene rings is 3. The summed E-state index contributed by atoms with van der Waals surface area (Å²) >= 11 is 6.17. The number of carbonyl (C=O) groups excluding carboxylic acids is 1. The van der Waals surface area contributed by atoms with Gasteiger partial charge in [-0.15, -0.1) is 0 Å². The van der Waals surface area contributed by atoms with Crippen LogP contribution >= 0.6 is 11.6 Å². The molecule has 5 rings (SSSR count). The molecular formula is C25H20ClF2N3O2. The van der Waals surface area contributed by atoms with Crippen molar-refractivity contribution >= 4 is 34.4 Å². The molecule has 5 nitrogen and oxygen atoms in total. The molecule has 8 heteroatoms. The fourth-order valence-corrected chi connectivity index (χ4v) is 4.29. The molecular weight excluding hydrogens is 448 g/mol. The topological polar surface area (TPSA) is 58.4 Å². The van der Waals surface area contributed by atoms with Crippen molar-refractivity contribution in [1.29, 1.82) is 0 Å². The first-order valence-electron chi connectivity index (χ1n) is 10.6. The number of fused-ring (bicyclic) bond motifs is 1. The van der Waals surface area contributed by atoms with E-state index in [1.165, 1.54) is 12.1 Å². The normalized spacial score (nSPS) is 15.9. The van der Waals surface area contributed by atoms with E-state index in [9.17, 15) is 13.6 Å². The van der Waals surface area contributed by atoms with Crippen LogP contribution in [0.5, 0.6) is 0 Å². The molecule has 2 amide bonds. The van der Waals surface area contributed by atoms with Crippen LogP contribution in [0, 0.1) is 18.6 Å². The number of amides is 2. The Balaban J connectivity index is 1.40. The number of hydrogen-bond acceptors (Lipinski definition) is 3. The number of anilines is 1. The van der Waals surface area contributed by atoms with E-state index in [0.717, 1.165) is 18.1 Å². The summed E-state index contributed by atoms with van der Waals surface area (Å²) in [6.07, 6.45) is 1.53. The maximum atomic E-state index is 14.2. The van der Waals surface area contributed by atoms with E-state index in [1.807, 2.05) is 13.0 Å². The van der Waals surface area contributed by atoms with Gasteiger partial charge in [-0.05, 0) is 67.3 Å². The minimum Gasteiger partial charge on any atom is -0.438 e. The molecule has 0 radical (unpaired) electrons. The Morgan fingerprint density at radius 3 is 2.79 bits per heavy atom. The van der Waals surface area contributed by atoms with Crippen molar-refractivity contribution in [2.75, 3.05) is 11.9 Å². The molecule has 0 unspecified atom stereocenters. The summed E-state index contributed by atoms with van der Waals surface area (Å²) in [4.78, 5) is 19.2. The summed E-state index contributed by atoms with van der Waals surface area (Å²) in [7, 11) is 0. The summed E-state index contributed by atoms with van der Waals surface area (Å²) in [6, 6.07) is 13.4. The molecule has 0 bridgehead atoms. The Bertz CT molecular complexity index is 1370. The third-order valence-corrected chi connectivity index (χ3v) is 6.28. The van der Waals surface area contributed by atoms with Crippen molar-refractivity contribution in [2.24, 2.45) is 0 Å². The van der Waals surface area contributed by atoms with Crippen molar-refractivity contribution in [3.63, 3.8) is 0 Å². The zero-order valence-electron chi connectivity index (χ0n) is 17.7. The molecule has 2 heterocycles. The SMILES string of the molecule is Cc1ccc(NC(=O)N2CCC[C@@H]2c2nc3cc(-c4ccc(F)cc4F)ccc3o2)cc1Cl. The lowest BCUT2D eigenvalue weighted by molar-refractivity contribution is 0.199. The molecule has 168 valence electrons. The van der Waals surface area contributed by atoms with Crippen molar-refractivity contribution in [2.45, 2.75) is 25.8 Å². The molecule has 1 aliphatic rings. The van der Waals surface area contributed by atoms with Crippen LogP contribution in [0.2, 0.25) is 5.02 Å². The number of carbonyl (C=O) groups is 1. The predicted molar refractivity (Wildman–Crippen MR) is 123 cm³/mol. The lowest BCUT2D eigenvalue weighted by atomic mass is 10.0. The molecule has 1 aliphatic heterocycles. The Labute approximate surface area is 194 Å². The number of halogens is 3. The third-order valence-electron chi connectivity index (χ3n) is 5.87. The highest BCUT2D eigenvalue weighted by molar-refractivity contribution is 6.31. The number of aromatic nitrogens is 1. The Kier molecular flexibility index (Phi) is 5.50. The van der Waals surface area contributed by atoms with Gasteiger partial charge in [0.1, 0.15) is 23.2 Å². The zero-order valence-corrected chi connectivity index (χ0v) is 18.5. The molecule has 0 aliphatic carbocycles. The van der Waals surface area contributed by atoms with Gasteiger partial charge >= 0.3 is 6.03 Å². The largest absolute Gasteiger partial charge is 0.438 e. The van der Waals surface area contributed by atoms with E-state index in [4.69, 9.17) is 16.0 Å². The molecule has 0 saturated carbocycles. The number of nitrogens with one attached hydrogen (secondary N) is 1. The van der Waals surface area contributed by atoms with Gasteiger partial charge in [-0.1, -0.05) is 23.7 Å². The van der Waals surface area contributed by atoms with E-state index < -0.39 is 11.6 Å². The quantitative estimate of drug-likeness (QED) is 0.349. The van der Waals surface area contributed by atoms with Crippen LogP contribution in [0.3, 0.4) is 0 Å². The average Bonchev–Trinajstić information content (AvgIpc) is 3.42. The van der Waals surface area contributed by atoms with Crippen LogP contribution < -0.4 is 5.32 Å². The summed E-state index contributed by atoms with van der Waals surface area (Å²) in [5, 5.41) is 3.47. The smallest absolute Gasteiger partial charge is 0.322 e. The highest BCUT2D eigenvalue weighted by Crippen LogP contribution is 2.35. The number of nitrogens with zero attached hydrogens (tertiary/aromatic N) is 2. The predicted octanol–water partition coefficient (Wildman–Crippen LogP) is 7.10. The Hall–Kier alpha value is -3.45. The highest BCUT2D eigenvalue weighted by Gasteiger charge is 2.33. The molecule has 0 spiro atoms. The van der Waals surface area contributed by atoms with E-state index >= 15 is 0 Å². The van der Waals surface area contributed by atoms with Crippen LogP contribution in [0.1, 0.15) is 30.3 Å². The number of oxazole rings is 1. The summed E-state index contributed by atoms with van der Waals surface area (Å²) < 4.78 is 33.4. The van der Waals surface area contributed by atoms with Gasteiger partial charge in [0.05, 0.1) is 0 Å². The van der Waals surface area contributed by atoms with Gasteiger partial charge in [0.25, 0.3) is 0 Å². The third kappa shape index (κ3) is 4.16. The fraction of sp³-hybridized carbons (Fsp3) is 0.200. The van der Waals surface area contributed by atoms with Gasteiger partial charge in [-0.3, -0.25) is 0 Å². The van der Waals surface area contributed by atoms with Crippen LogP contribution in [-0.2, 0) is 0 Å². The van der Waals surface area contributed by atoms with Crippen molar-refractivity contribution in [3.05, 3.63) is 82.7 Å². The molecule has 33 heavy (non-hydrogen) atoms.